The molecule has 3 heteroatoms. The van der Waals surface area contributed by atoms with Crippen molar-refractivity contribution in [3.8, 4) is 0 Å². The number of nitrogens with zero attached hydrogens (tertiary/aromatic N) is 1. The molecule has 0 aliphatic carbocycles. The molecule has 76 valence electrons. The lowest BCUT2D eigenvalue weighted by Crippen LogP contribution is -2.33. The first-order valence-electron chi connectivity index (χ1n) is 5.28. The highest BCUT2D eigenvalue weighted by Crippen LogP contribution is 2.03. The van der Waals surface area contributed by atoms with E-state index in [1.807, 2.05) is 12.4 Å². The molecule has 1 aromatic heterocycles. The van der Waals surface area contributed by atoms with Gasteiger partial charge in [0.05, 0.1) is 0 Å². The molecular formula is C11H17N3. The Labute approximate surface area is 84.9 Å². The Morgan fingerprint density at radius 1 is 1.43 bits per heavy atom. The minimum Gasteiger partial charge on any atom is -0.313 e. The number of pyridine rings is 1. The zero-order valence-corrected chi connectivity index (χ0v) is 8.37. The van der Waals surface area contributed by atoms with Crippen molar-refractivity contribution in [2.75, 3.05) is 13.1 Å². The van der Waals surface area contributed by atoms with Crippen molar-refractivity contribution in [2.45, 2.75) is 25.4 Å². The molecule has 1 aliphatic heterocycles. The minimum atomic E-state index is 0.678. The summed E-state index contributed by atoms with van der Waals surface area (Å²) in [6, 6.07) is 4.78. The van der Waals surface area contributed by atoms with Crippen molar-refractivity contribution in [3.63, 3.8) is 0 Å². The smallest absolute Gasteiger partial charge is 0.0271 e. The van der Waals surface area contributed by atoms with Gasteiger partial charge in [0.25, 0.3) is 0 Å². The number of rotatable bonds is 4. The maximum Gasteiger partial charge on any atom is 0.0271 e. The van der Waals surface area contributed by atoms with Crippen molar-refractivity contribution >= 4 is 0 Å². The third-order valence-electron chi connectivity index (χ3n) is 2.63. The van der Waals surface area contributed by atoms with Gasteiger partial charge < -0.3 is 10.6 Å². The van der Waals surface area contributed by atoms with Gasteiger partial charge in [0.2, 0.25) is 0 Å². The van der Waals surface area contributed by atoms with Crippen molar-refractivity contribution in [1.29, 1.82) is 0 Å². The molecule has 2 heterocycles. The minimum absolute atomic E-state index is 0.678. The van der Waals surface area contributed by atoms with E-state index in [0.717, 1.165) is 13.1 Å². The Bertz CT molecular complexity index is 254. The van der Waals surface area contributed by atoms with Gasteiger partial charge in [-0.3, -0.25) is 4.98 Å². The van der Waals surface area contributed by atoms with Crippen LogP contribution >= 0.6 is 0 Å². The Kier molecular flexibility index (Phi) is 3.49. The van der Waals surface area contributed by atoms with E-state index in [2.05, 4.69) is 27.8 Å². The van der Waals surface area contributed by atoms with Crippen molar-refractivity contribution in [2.24, 2.45) is 0 Å². The van der Waals surface area contributed by atoms with E-state index in [-0.39, 0.29) is 0 Å². The summed E-state index contributed by atoms with van der Waals surface area (Å²) in [6.45, 7) is 3.20. The molecule has 1 saturated heterocycles. The van der Waals surface area contributed by atoms with E-state index in [0.29, 0.717) is 6.04 Å². The largest absolute Gasteiger partial charge is 0.313 e. The van der Waals surface area contributed by atoms with Crippen LogP contribution in [0.2, 0.25) is 0 Å². The fourth-order valence-corrected chi connectivity index (χ4v) is 1.82. The lowest BCUT2D eigenvalue weighted by atomic mass is 10.2. The van der Waals surface area contributed by atoms with E-state index in [1.165, 1.54) is 24.9 Å². The Morgan fingerprint density at radius 2 is 2.29 bits per heavy atom. The topological polar surface area (TPSA) is 37.0 Å². The molecule has 3 nitrogen and oxygen atoms in total. The van der Waals surface area contributed by atoms with Gasteiger partial charge in [0.1, 0.15) is 0 Å². The molecule has 1 aromatic rings. The maximum absolute atomic E-state index is 3.99. The van der Waals surface area contributed by atoms with Gasteiger partial charge in [-0.2, -0.15) is 0 Å². The van der Waals surface area contributed by atoms with Crippen LogP contribution in [-0.4, -0.2) is 24.1 Å². The Morgan fingerprint density at radius 3 is 3.00 bits per heavy atom. The summed E-state index contributed by atoms with van der Waals surface area (Å²) in [6.07, 6.45) is 6.31. The van der Waals surface area contributed by atoms with Gasteiger partial charge in [-0.1, -0.05) is 0 Å². The first kappa shape index (κ1) is 9.62. The molecule has 1 atom stereocenters. The fraction of sp³-hybridized carbons (Fsp3) is 0.545. The lowest BCUT2D eigenvalue weighted by Gasteiger charge is -2.11. The van der Waals surface area contributed by atoms with Crippen LogP contribution in [0.3, 0.4) is 0 Å². The van der Waals surface area contributed by atoms with Crippen molar-refractivity contribution < 1.29 is 0 Å². The van der Waals surface area contributed by atoms with Crippen LogP contribution < -0.4 is 10.6 Å². The summed E-state index contributed by atoms with van der Waals surface area (Å²) < 4.78 is 0. The molecule has 0 saturated carbocycles. The molecule has 0 aromatic carbocycles. The van der Waals surface area contributed by atoms with Crippen LogP contribution in [0.25, 0.3) is 0 Å². The van der Waals surface area contributed by atoms with Gasteiger partial charge in [-0.25, -0.2) is 0 Å². The molecule has 1 fully saturated rings. The summed E-state index contributed by atoms with van der Waals surface area (Å²) in [4.78, 5) is 3.99. The second kappa shape index (κ2) is 5.08. The summed E-state index contributed by atoms with van der Waals surface area (Å²) in [5, 5.41) is 6.92. The van der Waals surface area contributed by atoms with Crippen LogP contribution in [0.4, 0.5) is 0 Å². The van der Waals surface area contributed by atoms with Gasteiger partial charge >= 0.3 is 0 Å². The Hall–Kier alpha value is -0.930. The summed E-state index contributed by atoms with van der Waals surface area (Å²) >= 11 is 0. The normalized spacial score (nSPS) is 21.3. The van der Waals surface area contributed by atoms with Crippen molar-refractivity contribution in [3.05, 3.63) is 30.1 Å². The van der Waals surface area contributed by atoms with Gasteiger partial charge in [-0.05, 0) is 37.1 Å². The highest BCUT2D eigenvalue weighted by atomic mass is 15.0. The number of aromatic nitrogens is 1. The summed E-state index contributed by atoms with van der Waals surface area (Å²) in [5.74, 6) is 0. The first-order chi connectivity index (χ1) is 6.95. The molecule has 0 unspecified atom stereocenters. The van der Waals surface area contributed by atoms with Crippen molar-refractivity contribution in [1.82, 2.24) is 15.6 Å². The molecular weight excluding hydrogens is 174 g/mol. The maximum atomic E-state index is 3.99. The zero-order chi connectivity index (χ0) is 9.64. The van der Waals surface area contributed by atoms with E-state index in [1.54, 1.807) is 0 Å². The van der Waals surface area contributed by atoms with Crippen LogP contribution in [0.1, 0.15) is 18.4 Å². The quantitative estimate of drug-likeness (QED) is 0.743. The molecule has 0 radical (unpaired) electrons. The fourth-order valence-electron chi connectivity index (χ4n) is 1.82. The number of hydrogen-bond acceptors (Lipinski definition) is 3. The van der Waals surface area contributed by atoms with Crippen LogP contribution in [-0.2, 0) is 6.54 Å². The van der Waals surface area contributed by atoms with Crippen LogP contribution in [0, 0.1) is 0 Å². The van der Waals surface area contributed by atoms with Crippen LogP contribution in [0.15, 0.2) is 24.5 Å². The SMILES string of the molecule is c1cc(CNC[C@H]2CCCN2)ccn1. The predicted octanol–water partition coefficient (Wildman–Crippen LogP) is 0.923. The molecule has 14 heavy (non-hydrogen) atoms. The van der Waals surface area contributed by atoms with E-state index in [4.69, 9.17) is 0 Å². The molecule has 1 aliphatic rings. The average Bonchev–Trinajstić information content (AvgIpc) is 2.72. The van der Waals surface area contributed by atoms with Gasteiger partial charge in [-0.15, -0.1) is 0 Å². The molecule has 2 rings (SSSR count). The predicted molar refractivity (Wildman–Crippen MR) is 57.0 cm³/mol. The standard InChI is InChI=1S/C11H17N3/c1-2-11(14-5-1)9-13-8-10-3-6-12-7-4-10/h3-4,6-7,11,13-14H,1-2,5,8-9H2/t11-/m1/s1. The van der Waals surface area contributed by atoms with Gasteiger partial charge in [0, 0.05) is 31.5 Å². The number of nitrogens with one attached hydrogen (secondary N) is 2. The highest BCUT2D eigenvalue weighted by molar-refractivity contribution is 5.09. The highest BCUT2D eigenvalue weighted by Gasteiger charge is 2.12. The Balaban J connectivity index is 1.67. The third-order valence-corrected chi connectivity index (χ3v) is 2.63. The monoisotopic (exact) mass is 191 g/mol. The third kappa shape index (κ3) is 2.79. The average molecular weight is 191 g/mol. The molecule has 2 N–H and O–H groups in total. The zero-order valence-electron chi connectivity index (χ0n) is 8.37. The van der Waals surface area contributed by atoms with Crippen LogP contribution in [0.5, 0.6) is 0 Å². The second-order valence-electron chi connectivity index (χ2n) is 3.78. The molecule has 0 amide bonds. The first-order valence-corrected chi connectivity index (χ1v) is 5.28. The molecule has 0 spiro atoms. The lowest BCUT2D eigenvalue weighted by molar-refractivity contribution is 0.535. The van der Waals surface area contributed by atoms with E-state index in [9.17, 15) is 0 Å². The van der Waals surface area contributed by atoms with Gasteiger partial charge in [0.15, 0.2) is 0 Å². The van der Waals surface area contributed by atoms with E-state index >= 15 is 0 Å². The van der Waals surface area contributed by atoms with E-state index < -0.39 is 0 Å². The number of hydrogen-bond donors (Lipinski definition) is 2. The summed E-state index contributed by atoms with van der Waals surface area (Å²) in [7, 11) is 0. The second-order valence-corrected chi connectivity index (χ2v) is 3.78. The summed E-state index contributed by atoms with van der Waals surface area (Å²) in [5.41, 5.74) is 1.30. The molecule has 0 bridgehead atoms.